The van der Waals surface area contributed by atoms with Crippen molar-refractivity contribution in [1.29, 1.82) is 0 Å². The lowest BCUT2D eigenvalue weighted by atomic mass is 10.1. The molecule has 0 spiro atoms. The molecule has 0 aromatic carbocycles. The van der Waals surface area contributed by atoms with Crippen molar-refractivity contribution in [2.45, 2.75) is 6.92 Å². The van der Waals surface area contributed by atoms with Gasteiger partial charge >= 0.3 is 0 Å². The van der Waals surface area contributed by atoms with Gasteiger partial charge < -0.3 is 9.80 Å². The number of ketones is 1. The molecule has 0 unspecified atom stereocenters. The van der Waals surface area contributed by atoms with Crippen LogP contribution in [0.2, 0.25) is 0 Å². The fourth-order valence-electron chi connectivity index (χ4n) is 1.86. The number of likely N-dealkylation sites (N-methyl/N-ethyl adjacent to an activating group) is 1. The van der Waals surface area contributed by atoms with E-state index in [1.54, 1.807) is 30.3 Å². The smallest absolute Gasteiger partial charge is 0.241 e. The highest BCUT2D eigenvalue weighted by Crippen LogP contribution is 2.19. The summed E-state index contributed by atoms with van der Waals surface area (Å²) in [6.07, 6.45) is 1.64. The summed E-state index contributed by atoms with van der Waals surface area (Å²) in [5.41, 5.74) is 0.574. The molecule has 0 radical (unpaired) electrons. The van der Waals surface area contributed by atoms with E-state index >= 15 is 0 Å². The maximum atomic E-state index is 11.6. The minimum absolute atomic E-state index is 0.0283. The van der Waals surface area contributed by atoms with Gasteiger partial charge in [-0.1, -0.05) is 0 Å². The molecule has 1 amide bonds. The fraction of sp³-hybridized carbons (Fsp3) is 0.417. The monoisotopic (exact) mass is 233 g/mol. The minimum Gasteiger partial charge on any atom is -0.345 e. The zero-order chi connectivity index (χ0) is 12.4. The lowest BCUT2D eigenvalue weighted by Crippen LogP contribution is -2.49. The van der Waals surface area contributed by atoms with Crippen LogP contribution in [0.4, 0.5) is 5.82 Å². The van der Waals surface area contributed by atoms with Crippen molar-refractivity contribution in [3.05, 3.63) is 23.9 Å². The summed E-state index contributed by atoms with van der Waals surface area (Å²) in [6, 6.07) is 3.48. The Morgan fingerprint density at radius 2 is 2.18 bits per heavy atom. The standard InChI is InChI=1S/C12H15N3O2/c1-9(16)10-4-3-5-13-12(10)15-7-6-14(2)11(17)8-15/h3-5H,6-8H2,1-2H3. The number of nitrogens with zero attached hydrogens (tertiary/aromatic N) is 3. The van der Waals surface area contributed by atoms with Gasteiger partial charge in [0, 0.05) is 26.3 Å². The molecule has 1 aliphatic heterocycles. The van der Waals surface area contributed by atoms with Crippen molar-refractivity contribution in [2.24, 2.45) is 0 Å². The Hall–Kier alpha value is -1.91. The number of Topliss-reactive ketones (excluding diaryl/α,β-unsaturated/α-hetero) is 1. The van der Waals surface area contributed by atoms with Gasteiger partial charge in [0.15, 0.2) is 5.78 Å². The lowest BCUT2D eigenvalue weighted by Gasteiger charge is -2.33. The molecule has 0 saturated carbocycles. The average molecular weight is 233 g/mol. The highest BCUT2D eigenvalue weighted by molar-refractivity contribution is 5.99. The van der Waals surface area contributed by atoms with Gasteiger partial charge in [-0.2, -0.15) is 0 Å². The third kappa shape index (κ3) is 2.27. The van der Waals surface area contributed by atoms with Crippen LogP contribution in [0, 0.1) is 0 Å². The van der Waals surface area contributed by atoms with Gasteiger partial charge in [0.2, 0.25) is 5.91 Å². The second kappa shape index (κ2) is 4.53. The first-order valence-corrected chi connectivity index (χ1v) is 5.54. The molecule has 0 N–H and O–H groups in total. The van der Waals surface area contributed by atoms with Crippen LogP contribution in [0.3, 0.4) is 0 Å². The largest absolute Gasteiger partial charge is 0.345 e. The molecule has 90 valence electrons. The molecule has 2 rings (SSSR count). The van der Waals surface area contributed by atoms with Crippen molar-refractivity contribution in [1.82, 2.24) is 9.88 Å². The maximum Gasteiger partial charge on any atom is 0.241 e. The van der Waals surface area contributed by atoms with Crippen LogP contribution < -0.4 is 4.90 Å². The predicted molar refractivity (Wildman–Crippen MR) is 64.1 cm³/mol. The normalized spacial score (nSPS) is 16.2. The molecule has 0 aliphatic carbocycles. The molecule has 1 aromatic heterocycles. The highest BCUT2D eigenvalue weighted by Gasteiger charge is 2.24. The second-order valence-corrected chi connectivity index (χ2v) is 4.17. The van der Waals surface area contributed by atoms with E-state index in [9.17, 15) is 9.59 Å². The minimum atomic E-state index is -0.0283. The number of carbonyl (C=O) groups excluding carboxylic acids is 2. The van der Waals surface area contributed by atoms with E-state index in [1.807, 2.05) is 4.90 Å². The Balaban J connectivity index is 2.29. The van der Waals surface area contributed by atoms with Crippen molar-refractivity contribution in [3.8, 4) is 0 Å². The van der Waals surface area contributed by atoms with Crippen LogP contribution in [0.5, 0.6) is 0 Å². The van der Waals surface area contributed by atoms with E-state index in [0.717, 1.165) is 0 Å². The number of carbonyl (C=O) groups is 2. The van der Waals surface area contributed by atoms with Gasteiger partial charge in [-0.05, 0) is 19.1 Å². The van der Waals surface area contributed by atoms with Crippen LogP contribution in [0.1, 0.15) is 17.3 Å². The van der Waals surface area contributed by atoms with Crippen molar-refractivity contribution in [3.63, 3.8) is 0 Å². The third-order valence-corrected chi connectivity index (χ3v) is 2.92. The molecule has 5 nitrogen and oxygen atoms in total. The van der Waals surface area contributed by atoms with E-state index in [-0.39, 0.29) is 18.2 Å². The van der Waals surface area contributed by atoms with E-state index in [0.29, 0.717) is 24.5 Å². The molecule has 1 fully saturated rings. The number of hydrogen-bond acceptors (Lipinski definition) is 4. The van der Waals surface area contributed by atoms with Crippen LogP contribution in [-0.4, -0.2) is 48.3 Å². The molecule has 1 aromatic rings. The molecule has 1 aliphatic rings. The van der Waals surface area contributed by atoms with Gasteiger partial charge in [-0.3, -0.25) is 9.59 Å². The van der Waals surface area contributed by atoms with Gasteiger partial charge in [0.05, 0.1) is 12.1 Å². The fourth-order valence-corrected chi connectivity index (χ4v) is 1.86. The zero-order valence-electron chi connectivity index (χ0n) is 10.0. The molecule has 17 heavy (non-hydrogen) atoms. The maximum absolute atomic E-state index is 11.6. The summed E-state index contributed by atoms with van der Waals surface area (Å²) in [7, 11) is 1.78. The van der Waals surface area contributed by atoms with Gasteiger partial charge in [0.25, 0.3) is 0 Å². The van der Waals surface area contributed by atoms with Crippen LogP contribution in [-0.2, 0) is 4.79 Å². The molecular weight excluding hydrogens is 218 g/mol. The quantitative estimate of drug-likeness (QED) is 0.700. The molecular formula is C12H15N3O2. The van der Waals surface area contributed by atoms with Crippen molar-refractivity contribution in [2.75, 3.05) is 31.6 Å². The van der Waals surface area contributed by atoms with E-state index < -0.39 is 0 Å². The number of piperazine rings is 1. The summed E-state index contributed by atoms with van der Waals surface area (Å²) in [4.78, 5) is 30.9. The van der Waals surface area contributed by atoms with Crippen LogP contribution in [0.15, 0.2) is 18.3 Å². The Labute approximate surface area is 100 Å². The van der Waals surface area contributed by atoms with Gasteiger partial charge in [-0.15, -0.1) is 0 Å². The van der Waals surface area contributed by atoms with E-state index in [2.05, 4.69) is 4.98 Å². The van der Waals surface area contributed by atoms with Gasteiger partial charge in [-0.25, -0.2) is 4.98 Å². The van der Waals surface area contributed by atoms with Crippen LogP contribution in [0.25, 0.3) is 0 Å². The number of amides is 1. The summed E-state index contributed by atoms with van der Waals surface area (Å²) < 4.78 is 0. The molecule has 1 saturated heterocycles. The topological polar surface area (TPSA) is 53.5 Å². The first-order chi connectivity index (χ1) is 8.09. The first kappa shape index (κ1) is 11.6. The predicted octanol–water partition coefficient (Wildman–Crippen LogP) is 0.563. The second-order valence-electron chi connectivity index (χ2n) is 4.17. The zero-order valence-corrected chi connectivity index (χ0v) is 10.0. The lowest BCUT2D eigenvalue weighted by molar-refractivity contribution is -0.129. The third-order valence-electron chi connectivity index (χ3n) is 2.92. The number of rotatable bonds is 2. The molecule has 5 heteroatoms. The molecule has 2 heterocycles. The highest BCUT2D eigenvalue weighted by atomic mass is 16.2. The molecule has 0 bridgehead atoms. The Morgan fingerprint density at radius 3 is 2.82 bits per heavy atom. The Morgan fingerprint density at radius 1 is 1.41 bits per heavy atom. The summed E-state index contributed by atoms with van der Waals surface area (Å²) in [6.45, 7) is 3.17. The number of anilines is 1. The Kier molecular flexibility index (Phi) is 3.08. The van der Waals surface area contributed by atoms with Crippen LogP contribution >= 0.6 is 0 Å². The number of pyridine rings is 1. The van der Waals surface area contributed by atoms with Crippen molar-refractivity contribution >= 4 is 17.5 Å². The SMILES string of the molecule is CC(=O)c1cccnc1N1CCN(C)C(=O)C1. The van der Waals surface area contributed by atoms with Crippen molar-refractivity contribution < 1.29 is 9.59 Å². The number of hydrogen-bond donors (Lipinski definition) is 0. The van der Waals surface area contributed by atoms with E-state index in [4.69, 9.17) is 0 Å². The first-order valence-electron chi connectivity index (χ1n) is 5.54. The van der Waals surface area contributed by atoms with E-state index in [1.165, 1.54) is 6.92 Å². The summed E-state index contributed by atoms with van der Waals surface area (Å²) >= 11 is 0. The molecule has 0 atom stereocenters. The number of aromatic nitrogens is 1. The Bertz CT molecular complexity index is 459. The summed E-state index contributed by atoms with van der Waals surface area (Å²) in [5, 5.41) is 0. The average Bonchev–Trinajstić information content (AvgIpc) is 2.32. The summed E-state index contributed by atoms with van der Waals surface area (Å²) in [5.74, 6) is 0.636. The van der Waals surface area contributed by atoms with Gasteiger partial charge in [0.1, 0.15) is 5.82 Å².